The quantitative estimate of drug-likeness (QED) is 0.575. The third-order valence-corrected chi connectivity index (χ3v) is 6.53. The van der Waals surface area contributed by atoms with Crippen molar-refractivity contribution >= 4 is 0 Å². The second-order valence-corrected chi connectivity index (χ2v) is 7.14. The van der Waals surface area contributed by atoms with E-state index in [1.54, 1.807) is 16.7 Å². The molecule has 0 nitrogen and oxygen atoms in total. The van der Waals surface area contributed by atoms with Crippen LogP contribution in [-0.4, -0.2) is 0 Å². The number of hydrogen-bond acceptors (Lipinski definition) is 0. The molecule has 0 heterocycles. The van der Waals surface area contributed by atoms with Crippen LogP contribution >= 0.6 is 0 Å². The molecular weight excluding hydrogens is 228 g/mol. The van der Waals surface area contributed by atoms with Gasteiger partial charge in [-0.05, 0) is 78.9 Å². The van der Waals surface area contributed by atoms with E-state index < -0.39 is 0 Å². The Kier molecular flexibility index (Phi) is 2.46. The molecule has 0 bridgehead atoms. The minimum Gasteiger partial charge on any atom is -0.0993 e. The third-order valence-electron chi connectivity index (χ3n) is 6.53. The Labute approximate surface area is 116 Å². The SMILES string of the molecule is C=C1CC[C@H]2[C@@H]3CCc4c[c]ccc4[C@H]3CC[C@]12C. The van der Waals surface area contributed by atoms with Gasteiger partial charge in [-0.15, -0.1) is 0 Å². The summed E-state index contributed by atoms with van der Waals surface area (Å²) in [6, 6.07) is 9.95. The molecule has 1 aromatic rings. The van der Waals surface area contributed by atoms with Crippen LogP contribution in [-0.2, 0) is 6.42 Å². The molecule has 0 unspecified atom stereocenters. The first-order chi connectivity index (χ1) is 9.20. The molecule has 1 aromatic carbocycles. The van der Waals surface area contributed by atoms with E-state index in [9.17, 15) is 0 Å². The Morgan fingerprint density at radius 1 is 1.26 bits per heavy atom. The summed E-state index contributed by atoms with van der Waals surface area (Å²) in [5, 5.41) is 0. The smallest absolute Gasteiger partial charge is 0.00876 e. The summed E-state index contributed by atoms with van der Waals surface area (Å²) in [6.45, 7) is 6.88. The second-order valence-electron chi connectivity index (χ2n) is 7.14. The van der Waals surface area contributed by atoms with E-state index in [2.05, 4.69) is 37.8 Å². The van der Waals surface area contributed by atoms with Crippen LogP contribution in [0, 0.1) is 23.3 Å². The van der Waals surface area contributed by atoms with Crippen LogP contribution in [0.15, 0.2) is 30.4 Å². The van der Waals surface area contributed by atoms with Gasteiger partial charge in [0.15, 0.2) is 0 Å². The Bertz CT molecular complexity index is 527. The molecule has 2 saturated carbocycles. The lowest BCUT2D eigenvalue weighted by atomic mass is 9.55. The maximum absolute atomic E-state index is 4.39. The standard InChI is InChI=1S/C19H23/c1-13-7-10-18-17-9-8-14-5-3-4-6-15(14)16(17)11-12-19(13,18)2/h4-6,16-18H,1,7-12H2,2H3/t16-,17-,18+,19-/m1/s1. The van der Waals surface area contributed by atoms with E-state index in [0.29, 0.717) is 5.41 Å². The summed E-state index contributed by atoms with van der Waals surface area (Å²) in [4.78, 5) is 0. The van der Waals surface area contributed by atoms with E-state index in [1.165, 1.54) is 38.5 Å². The van der Waals surface area contributed by atoms with Crippen molar-refractivity contribution in [3.63, 3.8) is 0 Å². The molecule has 0 spiro atoms. The van der Waals surface area contributed by atoms with Crippen molar-refractivity contribution in [1.82, 2.24) is 0 Å². The Morgan fingerprint density at radius 2 is 2.16 bits per heavy atom. The molecule has 19 heavy (non-hydrogen) atoms. The van der Waals surface area contributed by atoms with Crippen molar-refractivity contribution in [1.29, 1.82) is 0 Å². The zero-order valence-electron chi connectivity index (χ0n) is 11.9. The second kappa shape index (κ2) is 3.98. The van der Waals surface area contributed by atoms with Gasteiger partial charge in [0.05, 0.1) is 0 Å². The highest BCUT2D eigenvalue weighted by molar-refractivity contribution is 5.35. The number of benzene rings is 1. The molecule has 0 saturated heterocycles. The zero-order chi connectivity index (χ0) is 13.0. The van der Waals surface area contributed by atoms with E-state index >= 15 is 0 Å². The molecule has 3 aliphatic rings. The predicted molar refractivity (Wildman–Crippen MR) is 79.0 cm³/mol. The molecule has 4 atom stereocenters. The highest BCUT2D eigenvalue weighted by Crippen LogP contribution is 2.62. The number of hydrogen-bond donors (Lipinski definition) is 0. The Hall–Kier alpha value is -1.04. The first-order valence-electron chi connectivity index (χ1n) is 7.87. The molecule has 99 valence electrons. The summed E-state index contributed by atoms with van der Waals surface area (Å²) in [7, 11) is 0. The summed E-state index contributed by atoms with van der Waals surface area (Å²) < 4.78 is 0. The van der Waals surface area contributed by atoms with Crippen molar-refractivity contribution < 1.29 is 0 Å². The Morgan fingerprint density at radius 3 is 3.05 bits per heavy atom. The minimum absolute atomic E-state index is 0.458. The fourth-order valence-corrected chi connectivity index (χ4v) is 5.36. The number of rotatable bonds is 0. The van der Waals surface area contributed by atoms with E-state index in [1.807, 2.05) is 0 Å². The molecule has 0 N–H and O–H groups in total. The maximum atomic E-state index is 4.39. The lowest BCUT2D eigenvalue weighted by molar-refractivity contribution is 0.0817. The molecule has 0 heteroatoms. The summed E-state index contributed by atoms with van der Waals surface area (Å²) in [5.74, 6) is 2.63. The van der Waals surface area contributed by atoms with Crippen LogP contribution in [0.2, 0.25) is 0 Å². The van der Waals surface area contributed by atoms with Crippen molar-refractivity contribution in [2.24, 2.45) is 17.3 Å². The molecule has 4 rings (SSSR count). The summed E-state index contributed by atoms with van der Waals surface area (Å²) in [5.41, 5.74) is 5.22. The summed E-state index contributed by atoms with van der Waals surface area (Å²) >= 11 is 0. The van der Waals surface area contributed by atoms with Gasteiger partial charge >= 0.3 is 0 Å². The van der Waals surface area contributed by atoms with E-state index in [0.717, 1.165) is 17.8 Å². The normalized spacial score (nSPS) is 40.5. The first kappa shape index (κ1) is 11.8. The highest BCUT2D eigenvalue weighted by Gasteiger charge is 2.51. The van der Waals surface area contributed by atoms with Crippen LogP contribution in [0.5, 0.6) is 0 Å². The van der Waals surface area contributed by atoms with Gasteiger partial charge in [0, 0.05) is 0 Å². The van der Waals surface area contributed by atoms with Crippen molar-refractivity contribution in [2.75, 3.05) is 0 Å². The number of allylic oxidation sites excluding steroid dienone is 1. The topological polar surface area (TPSA) is 0 Å². The first-order valence-corrected chi connectivity index (χ1v) is 7.87. The van der Waals surface area contributed by atoms with Gasteiger partial charge in [-0.25, -0.2) is 0 Å². The van der Waals surface area contributed by atoms with Gasteiger partial charge in [0.2, 0.25) is 0 Å². The van der Waals surface area contributed by atoms with E-state index in [-0.39, 0.29) is 0 Å². The molecular formula is C19H23. The molecule has 2 fully saturated rings. The van der Waals surface area contributed by atoms with Gasteiger partial charge in [0.1, 0.15) is 0 Å². The van der Waals surface area contributed by atoms with Gasteiger partial charge in [-0.3, -0.25) is 0 Å². The maximum Gasteiger partial charge on any atom is -0.00876 e. The van der Waals surface area contributed by atoms with Gasteiger partial charge in [0.25, 0.3) is 0 Å². The molecule has 1 radical (unpaired) electrons. The van der Waals surface area contributed by atoms with Crippen LogP contribution in [0.4, 0.5) is 0 Å². The van der Waals surface area contributed by atoms with Crippen LogP contribution in [0.1, 0.15) is 56.1 Å². The average molecular weight is 251 g/mol. The Balaban J connectivity index is 1.74. The molecule has 0 amide bonds. The molecule has 0 aliphatic heterocycles. The van der Waals surface area contributed by atoms with Gasteiger partial charge < -0.3 is 0 Å². The largest absolute Gasteiger partial charge is 0.0993 e. The van der Waals surface area contributed by atoms with Crippen LogP contribution < -0.4 is 0 Å². The average Bonchev–Trinajstić information content (AvgIpc) is 2.75. The van der Waals surface area contributed by atoms with Gasteiger partial charge in [-0.1, -0.05) is 37.3 Å². The van der Waals surface area contributed by atoms with Crippen molar-refractivity contribution in [2.45, 2.75) is 51.4 Å². The minimum atomic E-state index is 0.458. The monoisotopic (exact) mass is 251 g/mol. The van der Waals surface area contributed by atoms with Crippen LogP contribution in [0.25, 0.3) is 0 Å². The summed E-state index contributed by atoms with van der Waals surface area (Å²) in [6.07, 6.45) is 8.06. The van der Waals surface area contributed by atoms with Gasteiger partial charge in [-0.2, -0.15) is 0 Å². The number of fused-ring (bicyclic) bond motifs is 5. The fraction of sp³-hybridized carbons (Fsp3) is 0.579. The van der Waals surface area contributed by atoms with Crippen molar-refractivity contribution in [3.8, 4) is 0 Å². The fourth-order valence-electron chi connectivity index (χ4n) is 5.36. The zero-order valence-corrected chi connectivity index (χ0v) is 11.9. The lowest BCUT2D eigenvalue weighted by Crippen LogP contribution is -2.40. The van der Waals surface area contributed by atoms with Crippen LogP contribution in [0.3, 0.4) is 0 Å². The molecule has 0 aromatic heterocycles. The molecule has 3 aliphatic carbocycles. The lowest BCUT2D eigenvalue weighted by Gasteiger charge is -2.49. The highest BCUT2D eigenvalue weighted by atomic mass is 14.6. The number of aryl methyl sites for hydroxylation is 1. The van der Waals surface area contributed by atoms with E-state index in [4.69, 9.17) is 0 Å². The predicted octanol–water partition coefficient (Wildman–Crippen LogP) is 4.90. The third kappa shape index (κ3) is 1.52. The van der Waals surface area contributed by atoms with Crippen molar-refractivity contribution in [3.05, 3.63) is 47.5 Å².